The Labute approximate surface area is 135 Å². The summed E-state index contributed by atoms with van der Waals surface area (Å²) in [6, 6.07) is 15.0. The van der Waals surface area contributed by atoms with Gasteiger partial charge in [0.05, 0.1) is 0 Å². The molecule has 0 unspecified atom stereocenters. The van der Waals surface area contributed by atoms with Crippen LogP contribution in [0.4, 0.5) is 5.82 Å². The zero-order valence-corrected chi connectivity index (χ0v) is 13.3. The number of benzene rings is 1. The predicted octanol–water partition coefficient (Wildman–Crippen LogP) is 1.98. The summed E-state index contributed by atoms with van der Waals surface area (Å²) in [5, 5.41) is 16.9. The Morgan fingerprint density at radius 2 is 1.70 bits per heavy atom. The van der Waals surface area contributed by atoms with E-state index in [4.69, 9.17) is 5.10 Å². The Morgan fingerprint density at radius 1 is 0.957 bits per heavy atom. The fourth-order valence-electron chi connectivity index (χ4n) is 3.23. The molecule has 1 saturated heterocycles. The van der Waals surface area contributed by atoms with Crippen molar-refractivity contribution in [3.8, 4) is 11.4 Å². The number of fused-ring (bicyclic) bond motifs is 1. The Kier molecular flexibility index (Phi) is 3.46. The molecule has 3 aromatic rings. The molecule has 1 aliphatic heterocycles. The lowest BCUT2D eigenvalue weighted by Crippen LogP contribution is -2.54. The molecule has 1 fully saturated rings. The second-order valence-electron chi connectivity index (χ2n) is 6.22. The largest absolute Gasteiger partial charge is 0.352 e. The number of rotatable bonds is 2. The number of piperazine rings is 1. The van der Waals surface area contributed by atoms with Crippen molar-refractivity contribution in [3.63, 3.8) is 0 Å². The first-order valence-electron chi connectivity index (χ1n) is 7.99. The molecule has 4 rings (SSSR count). The van der Waals surface area contributed by atoms with Gasteiger partial charge in [0.25, 0.3) is 0 Å². The molecule has 6 nitrogen and oxygen atoms in total. The fourth-order valence-corrected chi connectivity index (χ4v) is 3.23. The molecule has 2 atom stereocenters. The summed E-state index contributed by atoms with van der Waals surface area (Å²) < 4.78 is 1.84. The van der Waals surface area contributed by atoms with E-state index in [1.165, 1.54) is 0 Å². The third-order valence-electron chi connectivity index (χ3n) is 4.16. The molecule has 0 bridgehead atoms. The van der Waals surface area contributed by atoms with Crippen LogP contribution in [-0.2, 0) is 0 Å². The molecule has 0 saturated carbocycles. The number of nitrogens with zero attached hydrogens (tertiary/aromatic N) is 5. The van der Waals surface area contributed by atoms with Crippen LogP contribution in [0.2, 0.25) is 0 Å². The van der Waals surface area contributed by atoms with Crippen molar-refractivity contribution in [2.45, 2.75) is 25.9 Å². The third-order valence-corrected chi connectivity index (χ3v) is 4.16. The summed E-state index contributed by atoms with van der Waals surface area (Å²) in [5.74, 6) is 1.74. The van der Waals surface area contributed by atoms with Gasteiger partial charge in [-0.05, 0) is 26.0 Å². The normalized spacial score (nSPS) is 21.7. The van der Waals surface area contributed by atoms with Crippen LogP contribution in [0, 0.1) is 0 Å². The zero-order chi connectivity index (χ0) is 15.8. The number of hydrogen-bond acceptors (Lipinski definition) is 5. The molecular weight excluding hydrogens is 288 g/mol. The van der Waals surface area contributed by atoms with Crippen LogP contribution in [0.15, 0.2) is 42.5 Å². The van der Waals surface area contributed by atoms with Gasteiger partial charge in [0, 0.05) is 30.7 Å². The average Bonchev–Trinajstić information content (AvgIpc) is 2.98. The minimum Gasteiger partial charge on any atom is -0.352 e. The molecule has 0 aliphatic carbocycles. The smallest absolute Gasteiger partial charge is 0.185 e. The highest BCUT2D eigenvalue weighted by molar-refractivity contribution is 5.59. The van der Waals surface area contributed by atoms with Gasteiger partial charge >= 0.3 is 0 Å². The van der Waals surface area contributed by atoms with Crippen LogP contribution < -0.4 is 10.2 Å². The number of anilines is 1. The summed E-state index contributed by atoms with van der Waals surface area (Å²) >= 11 is 0. The Morgan fingerprint density at radius 3 is 2.43 bits per heavy atom. The Hall–Kier alpha value is -2.47. The van der Waals surface area contributed by atoms with Crippen LogP contribution in [0.5, 0.6) is 0 Å². The van der Waals surface area contributed by atoms with Crippen molar-refractivity contribution in [1.29, 1.82) is 0 Å². The molecule has 23 heavy (non-hydrogen) atoms. The highest BCUT2D eigenvalue weighted by Crippen LogP contribution is 2.20. The maximum Gasteiger partial charge on any atom is 0.185 e. The monoisotopic (exact) mass is 308 g/mol. The molecule has 3 heterocycles. The van der Waals surface area contributed by atoms with Gasteiger partial charge in [-0.2, -0.15) is 4.52 Å². The minimum absolute atomic E-state index is 0.450. The van der Waals surface area contributed by atoms with E-state index in [2.05, 4.69) is 34.3 Å². The number of nitrogens with one attached hydrogen (secondary N) is 1. The maximum atomic E-state index is 4.79. The van der Waals surface area contributed by atoms with Gasteiger partial charge in [-0.1, -0.05) is 30.3 Å². The topological polar surface area (TPSA) is 58.4 Å². The SMILES string of the molecule is C[C@@H]1CN(c2ccc3nnc(-c4ccccc4)n3n2)C[C@H](C)N1. The molecular formula is C17H20N6. The van der Waals surface area contributed by atoms with Gasteiger partial charge in [-0.25, -0.2) is 0 Å². The van der Waals surface area contributed by atoms with Crippen molar-refractivity contribution in [1.82, 2.24) is 25.1 Å². The van der Waals surface area contributed by atoms with E-state index >= 15 is 0 Å². The van der Waals surface area contributed by atoms with E-state index in [1.807, 2.05) is 47.0 Å². The van der Waals surface area contributed by atoms with Crippen LogP contribution in [0.3, 0.4) is 0 Å². The van der Waals surface area contributed by atoms with Gasteiger partial charge < -0.3 is 10.2 Å². The molecule has 1 N–H and O–H groups in total. The first kappa shape index (κ1) is 14.1. The summed E-state index contributed by atoms with van der Waals surface area (Å²) in [7, 11) is 0. The van der Waals surface area contributed by atoms with Gasteiger partial charge in [0.2, 0.25) is 0 Å². The van der Waals surface area contributed by atoms with Crippen molar-refractivity contribution < 1.29 is 0 Å². The molecule has 118 valence electrons. The van der Waals surface area contributed by atoms with Gasteiger partial charge in [-0.15, -0.1) is 15.3 Å². The average molecular weight is 308 g/mol. The molecule has 0 amide bonds. The number of aromatic nitrogens is 4. The molecule has 6 heteroatoms. The highest BCUT2D eigenvalue weighted by Gasteiger charge is 2.22. The van der Waals surface area contributed by atoms with E-state index < -0.39 is 0 Å². The second kappa shape index (κ2) is 5.62. The van der Waals surface area contributed by atoms with E-state index in [0.29, 0.717) is 12.1 Å². The van der Waals surface area contributed by atoms with Gasteiger partial charge in [0.15, 0.2) is 11.5 Å². The minimum atomic E-state index is 0.450. The maximum absolute atomic E-state index is 4.79. The first-order valence-corrected chi connectivity index (χ1v) is 7.99. The Bertz CT molecular complexity index is 802. The summed E-state index contributed by atoms with van der Waals surface area (Å²) in [4.78, 5) is 2.32. The first-order chi connectivity index (χ1) is 11.2. The van der Waals surface area contributed by atoms with E-state index in [9.17, 15) is 0 Å². The summed E-state index contributed by atoms with van der Waals surface area (Å²) in [5.41, 5.74) is 1.79. The lowest BCUT2D eigenvalue weighted by molar-refractivity contribution is 0.404. The van der Waals surface area contributed by atoms with Crippen LogP contribution in [0.1, 0.15) is 13.8 Å². The quantitative estimate of drug-likeness (QED) is 0.784. The lowest BCUT2D eigenvalue weighted by atomic mass is 10.1. The molecule has 1 aromatic carbocycles. The molecule has 0 spiro atoms. The highest BCUT2D eigenvalue weighted by atomic mass is 15.4. The van der Waals surface area contributed by atoms with Crippen LogP contribution in [0.25, 0.3) is 17.0 Å². The van der Waals surface area contributed by atoms with Gasteiger partial charge in [0.1, 0.15) is 5.82 Å². The van der Waals surface area contributed by atoms with Crippen LogP contribution in [-0.4, -0.2) is 45.0 Å². The van der Waals surface area contributed by atoms with E-state index in [0.717, 1.165) is 35.9 Å². The van der Waals surface area contributed by atoms with Crippen LogP contribution >= 0.6 is 0 Å². The Balaban J connectivity index is 1.75. The zero-order valence-electron chi connectivity index (χ0n) is 13.3. The predicted molar refractivity (Wildman–Crippen MR) is 90.5 cm³/mol. The lowest BCUT2D eigenvalue weighted by Gasteiger charge is -2.36. The number of hydrogen-bond donors (Lipinski definition) is 1. The van der Waals surface area contributed by atoms with E-state index in [1.54, 1.807) is 0 Å². The van der Waals surface area contributed by atoms with Crippen molar-refractivity contribution >= 4 is 11.5 Å². The van der Waals surface area contributed by atoms with E-state index in [-0.39, 0.29) is 0 Å². The summed E-state index contributed by atoms with van der Waals surface area (Å²) in [6.45, 7) is 6.31. The second-order valence-corrected chi connectivity index (χ2v) is 6.22. The third kappa shape index (κ3) is 2.66. The molecule has 1 aliphatic rings. The van der Waals surface area contributed by atoms with Crippen molar-refractivity contribution in [2.75, 3.05) is 18.0 Å². The molecule has 0 radical (unpaired) electrons. The standard InChI is InChI=1S/C17H20N6/c1-12-10-22(11-13(2)18-12)16-9-8-15-19-20-17(23(15)21-16)14-6-4-3-5-7-14/h3-9,12-13,18H,10-11H2,1-2H3/t12-,13+. The van der Waals surface area contributed by atoms with Crippen molar-refractivity contribution in [2.24, 2.45) is 0 Å². The van der Waals surface area contributed by atoms with Crippen molar-refractivity contribution in [3.05, 3.63) is 42.5 Å². The summed E-state index contributed by atoms with van der Waals surface area (Å²) in [6.07, 6.45) is 0. The molecule has 2 aromatic heterocycles. The van der Waals surface area contributed by atoms with Gasteiger partial charge in [-0.3, -0.25) is 0 Å². The fraction of sp³-hybridized carbons (Fsp3) is 0.353.